The molecule has 2 saturated carbocycles. The van der Waals surface area contributed by atoms with Gasteiger partial charge >= 0.3 is 0 Å². The number of carbonyl (C=O) groups excluding carboxylic acids is 1. The summed E-state index contributed by atoms with van der Waals surface area (Å²) in [6.07, 6.45) is 5.27. The largest absolute Gasteiger partial charge is 0.352 e. The van der Waals surface area contributed by atoms with Gasteiger partial charge in [0, 0.05) is 37.2 Å². The maximum absolute atomic E-state index is 12.9. The summed E-state index contributed by atoms with van der Waals surface area (Å²) < 4.78 is 27.2. The molecule has 1 aromatic carbocycles. The summed E-state index contributed by atoms with van der Waals surface area (Å²) in [6.45, 7) is 5.92. The van der Waals surface area contributed by atoms with Crippen molar-refractivity contribution in [3.63, 3.8) is 0 Å². The molecule has 3 aliphatic rings. The minimum absolute atomic E-state index is 0.0549. The van der Waals surface area contributed by atoms with E-state index in [1.807, 2.05) is 6.92 Å². The summed E-state index contributed by atoms with van der Waals surface area (Å²) in [6, 6.07) is 6.21. The van der Waals surface area contributed by atoms with Crippen LogP contribution in [0.1, 0.15) is 39.5 Å². The standard InChI is InChI=1S/C22H32ClN3O3S/c1-15(21-14-17-3-4-18(21)13-17)24-22(27)16(2)25-9-11-26(12-10-25)30(28,29)20-7-5-19(23)6-8-20/h5-8,15-18,21H,3-4,9-14H2,1-2H3,(H,24,27). The number of amides is 1. The van der Waals surface area contributed by atoms with E-state index < -0.39 is 10.0 Å². The summed E-state index contributed by atoms with van der Waals surface area (Å²) in [5.74, 6) is 2.32. The zero-order valence-electron chi connectivity index (χ0n) is 17.8. The van der Waals surface area contributed by atoms with Gasteiger partial charge in [-0.2, -0.15) is 4.31 Å². The Morgan fingerprint density at radius 1 is 1.07 bits per heavy atom. The van der Waals surface area contributed by atoms with Gasteiger partial charge < -0.3 is 5.32 Å². The van der Waals surface area contributed by atoms with Crippen molar-refractivity contribution in [2.75, 3.05) is 26.2 Å². The van der Waals surface area contributed by atoms with Crippen molar-refractivity contribution in [1.29, 1.82) is 0 Å². The van der Waals surface area contributed by atoms with Crippen LogP contribution in [0.5, 0.6) is 0 Å². The van der Waals surface area contributed by atoms with Crippen molar-refractivity contribution in [2.24, 2.45) is 17.8 Å². The lowest BCUT2D eigenvalue weighted by atomic mass is 9.84. The number of piperazine rings is 1. The molecule has 166 valence electrons. The first kappa shape index (κ1) is 22.1. The Hall–Kier alpha value is -1.15. The molecule has 5 atom stereocenters. The molecule has 0 spiro atoms. The smallest absolute Gasteiger partial charge is 0.243 e. The molecule has 2 bridgehead atoms. The maximum Gasteiger partial charge on any atom is 0.243 e. The number of sulfonamides is 1. The highest BCUT2D eigenvalue weighted by Crippen LogP contribution is 2.49. The van der Waals surface area contributed by atoms with Crippen LogP contribution in [0.2, 0.25) is 5.02 Å². The Morgan fingerprint density at radius 2 is 1.73 bits per heavy atom. The molecule has 4 rings (SSSR count). The monoisotopic (exact) mass is 453 g/mol. The van der Waals surface area contributed by atoms with Gasteiger partial charge in [0.2, 0.25) is 15.9 Å². The fourth-order valence-corrected chi connectivity index (χ4v) is 7.16. The molecular weight excluding hydrogens is 422 g/mol. The van der Waals surface area contributed by atoms with Crippen LogP contribution >= 0.6 is 11.6 Å². The molecule has 0 aromatic heterocycles. The van der Waals surface area contributed by atoms with Crippen molar-refractivity contribution in [1.82, 2.24) is 14.5 Å². The Bertz CT molecular complexity index is 868. The summed E-state index contributed by atoms with van der Waals surface area (Å²) in [5.41, 5.74) is 0. The molecule has 1 N–H and O–H groups in total. The van der Waals surface area contributed by atoms with Crippen molar-refractivity contribution >= 4 is 27.5 Å². The van der Waals surface area contributed by atoms with Gasteiger partial charge in [-0.05, 0) is 75.1 Å². The Labute approximate surface area is 185 Å². The molecule has 30 heavy (non-hydrogen) atoms. The fourth-order valence-electron chi connectivity index (χ4n) is 5.61. The molecule has 1 saturated heterocycles. The van der Waals surface area contributed by atoms with E-state index in [4.69, 9.17) is 11.6 Å². The van der Waals surface area contributed by atoms with E-state index in [0.29, 0.717) is 37.1 Å². The molecule has 1 heterocycles. The van der Waals surface area contributed by atoms with Crippen LogP contribution in [-0.2, 0) is 14.8 Å². The van der Waals surface area contributed by atoms with Crippen molar-refractivity contribution in [3.8, 4) is 0 Å². The van der Waals surface area contributed by atoms with Gasteiger partial charge in [0.15, 0.2) is 0 Å². The van der Waals surface area contributed by atoms with E-state index in [-0.39, 0.29) is 22.9 Å². The Balaban J connectivity index is 1.30. The number of fused-ring (bicyclic) bond motifs is 2. The van der Waals surface area contributed by atoms with Gasteiger partial charge in [-0.15, -0.1) is 0 Å². The number of halogens is 1. The van der Waals surface area contributed by atoms with E-state index in [9.17, 15) is 13.2 Å². The highest BCUT2D eigenvalue weighted by molar-refractivity contribution is 7.89. The van der Waals surface area contributed by atoms with Gasteiger partial charge in [0.05, 0.1) is 10.9 Å². The van der Waals surface area contributed by atoms with E-state index in [1.165, 1.54) is 42.1 Å². The van der Waals surface area contributed by atoms with Crippen LogP contribution in [0.25, 0.3) is 0 Å². The fraction of sp³-hybridized carbons (Fsp3) is 0.682. The van der Waals surface area contributed by atoms with Gasteiger partial charge in [-0.1, -0.05) is 18.0 Å². The molecule has 6 nitrogen and oxygen atoms in total. The van der Waals surface area contributed by atoms with Gasteiger partial charge in [0.1, 0.15) is 0 Å². The van der Waals surface area contributed by atoms with Crippen molar-refractivity contribution in [3.05, 3.63) is 29.3 Å². The SMILES string of the molecule is CC(NC(=O)C(C)N1CCN(S(=O)(=O)c2ccc(Cl)cc2)CC1)C1CC2CCC1C2. The van der Waals surface area contributed by atoms with E-state index in [0.717, 1.165) is 11.8 Å². The minimum atomic E-state index is -3.54. The first-order chi connectivity index (χ1) is 14.3. The lowest BCUT2D eigenvalue weighted by Gasteiger charge is -2.37. The quantitative estimate of drug-likeness (QED) is 0.718. The number of benzene rings is 1. The zero-order chi connectivity index (χ0) is 21.5. The third kappa shape index (κ3) is 4.40. The topological polar surface area (TPSA) is 69.7 Å². The second-order valence-corrected chi connectivity index (χ2v) is 11.6. The van der Waals surface area contributed by atoms with E-state index in [2.05, 4.69) is 17.1 Å². The lowest BCUT2D eigenvalue weighted by molar-refractivity contribution is -0.127. The Morgan fingerprint density at radius 3 is 2.30 bits per heavy atom. The number of hydrogen-bond acceptors (Lipinski definition) is 4. The number of hydrogen-bond donors (Lipinski definition) is 1. The average Bonchev–Trinajstić information content (AvgIpc) is 3.37. The van der Waals surface area contributed by atoms with E-state index >= 15 is 0 Å². The molecule has 1 aliphatic heterocycles. The summed E-state index contributed by atoms with van der Waals surface area (Å²) in [4.78, 5) is 15.2. The van der Waals surface area contributed by atoms with Crippen LogP contribution in [-0.4, -0.2) is 61.8 Å². The number of rotatable bonds is 6. The normalized spacial score (nSPS) is 29.6. The second-order valence-electron chi connectivity index (χ2n) is 9.21. The summed E-state index contributed by atoms with van der Waals surface area (Å²) in [7, 11) is -3.54. The number of carbonyl (C=O) groups is 1. The highest BCUT2D eigenvalue weighted by Gasteiger charge is 2.42. The predicted octanol–water partition coefficient (Wildman–Crippen LogP) is 2.98. The van der Waals surface area contributed by atoms with Crippen LogP contribution in [0.15, 0.2) is 29.2 Å². The van der Waals surface area contributed by atoms with Gasteiger partial charge in [-0.25, -0.2) is 8.42 Å². The van der Waals surface area contributed by atoms with Crippen molar-refractivity contribution < 1.29 is 13.2 Å². The molecule has 1 amide bonds. The van der Waals surface area contributed by atoms with Crippen LogP contribution in [0.4, 0.5) is 0 Å². The molecular formula is C22H32ClN3O3S. The number of nitrogens with one attached hydrogen (secondary N) is 1. The minimum Gasteiger partial charge on any atom is -0.352 e. The lowest BCUT2D eigenvalue weighted by Crippen LogP contribution is -2.56. The molecule has 0 radical (unpaired) electrons. The Kier molecular flexibility index (Phi) is 6.45. The average molecular weight is 454 g/mol. The first-order valence-electron chi connectivity index (χ1n) is 11.1. The molecule has 5 unspecified atom stereocenters. The highest BCUT2D eigenvalue weighted by atomic mass is 35.5. The first-order valence-corrected chi connectivity index (χ1v) is 12.9. The number of nitrogens with zero attached hydrogens (tertiary/aromatic N) is 2. The molecule has 8 heteroatoms. The maximum atomic E-state index is 12.9. The summed E-state index contributed by atoms with van der Waals surface area (Å²) in [5, 5.41) is 3.76. The van der Waals surface area contributed by atoms with E-state index in [1.54, 1.807) is 12.1 Å². The summed E-state index contributed by atoms with van der Waals surface area (Å²) >= 11 is 5.87. The van der Waals surface area contributed by atoms with Crippen LogP contribution in [0.3, 0.4) is 0 Å². The predicted molar refractivity (Wildman–Crippen MR) is 118 cm³/mol. The van der Waals surface area contributed by atoms with Crippen LogP contribution < -0.4 is 5.32 Å². The third-order valence-corrected chi connectivity index (χ3v) is 9.62. The third-order valence-electron chi connectivity index (χ3n) is 7.46. The van der Waals surface area contributed by atoms with Crippen molar-refractivity contribution in [2.45, 2.75) is 56.5 Å². The molecule has 1 aromatic rings. The molecule has 3 fully saturated rings. The molecule has 2 aliphatic carbocycles. The van der Waals surface area contributed by atoms with Crippen LogP contribution in [0, 0.1) is 17.8 Å². The second kappa shape index (κ2) is 8.77. The van der Waals surface area contributed by atoms with Gasteiger partial charge in [0.25, 0.3) is 0 Å². The van der Waals surface area contributed by atoms with Gasteiger partial charge in [-0.3, -0.25) is 9.69 Å². The zero-order valence-corrected chi connectivity index (χ0v) is 19.3.